The van der Waals surface area contributed by atoms with E-state index >= 15 is 0 Å². The number of amides is 1. The third kappa shape index (κ3) is 2.37. The minimum atomic E-state index is -5.08. The van der Waals surface area contributed by atoms with Crippen LogP contribution in [-0.2, 0) is 6.18 Å². The molecule has 1 rings (SSSR count). The number of rotatable bonds is 2. The fraction of sp³-hybridized carbons (Fsp3) is 0.111. The van der Waals surface area contributed by atoms with Crippen molar-refractivity contribution in [2.75, 3.05) is 0 Å². The van der Waals surface area contributed by atoms with E-state index < -0.39 is 39.4 Å². The van der Waals surface area contributed by atoms with E-state index in [1.165, 1.54) is 0 Å². The lowest BCUT2D eigenvalue weighted by molar-refractivity contribution is -0.388. The summed E-state index contributed by atoms with van der Waals surface area (Å²) in [5.74, 6) is -1.16. The molecular formula is C9H4F3N3O3. The molecule has 0 aliphatic heterocycles. The molecule has 0 spiro atoms. The maximum Gasteiger partial charge on any atom is 0.424 e. The van der Waals surface area contributed by atoms with Gasteiger partial charge in [0.25, 0.3) is 5.69 Å². The van der Waals surface area contributed by atoms with Crippen molar-refractivity contribution in [2.45, 2.75) is 6.18 Å². The Labute approximate surface area is 97.6 Å². The Kier molecular flexibility index (Phi) is 3.23. The van der Waals surface area contributed by atoms with Crippen LogP contribution in [0.2, 0.25) is 0 Å². The lowest BCUT2D eigenvalue weighted by atomic mass is 10.0. The first-order valence-corrected chi connectivity index (χ1v) is 4.28. The predicted octanol–water partition coefficient (Wildman–Crippen LogP) is 1.58. The zero-order valence-electron chi connectivity index (χ0n) is 8.49. The van der Waals surface area contributed by atoms with Gasteiger partial charge in [-0.05, 0) is 6.07 Å². The van der Waals surface area contributed by atoms with Crippen LogP contribution in [0.3, 0.4) is 0 Å². The van der Waals surface area contributed by atoms with Crippen molar-refractivity contribution in [1.29, 1.82) is 5.26 Å². The van der Waals surface area contributed by atoms with E-state index in [1.54, 1.807) is 0 Å². The fourth-order valence-corrected chi connectivity index (χ4v) is 1.30. The van der Waals surface area contributed by atoms with Gasteiger partial charge >= 0.3 is 6.18 Å². The average Bonchev–Trinajstić information content (AvgIpc) is 2.25. The molecule has 2 N–H and O–H groups in total. The standard InChI is InChI=1S/C9H4F3N3O3/c10-9(11,12)7-5(3-13)1-4(8(14)16)2-6(7)15(17)18/h1-2H,(H2,14,16). The largest absolute Gasteiger partial charge is 0.424 e. The average molecular weight is 259 g/mol. The number of hydrogen-bond donors (Lipinski definition) is 1. The topological polar surface area (TPSA) is 110 Å². The van der Waals surface area contributed by atoms with Gasteiger partial charge in [0.05, 0.1) is 10.5 Å². The molecule has 0 fully saturated rings. The Balaban J connectivity index is 3.75. The molecule has 0 atom stereocenters. The van der Waals surface area contributed by atoms with E-state index in [0.29, 0.717) is 12.1 Å². The molecule has 0 saturated heterocycles. The van der Waals surface area contributed by atoms with Crippen LogP contribution in [0.1, 0.15) is 21.5 Å². The van der Waals surface area contributed by atoms with Crippen LogP contribution in [0.5, 0.6) is 0 Å². The Bertz CT molecular complexity index is 575. The van der Waals surface area contributed by atoms with Crippen molar-refractivity contribution in [1.82, 2.24) is 0 Å². The molecule has 0 aromatic heterocycles. The van der Waals surface area contributed by atoms with Crippen LogP contribution in [0.15, 0.2) is 12.1 Å². The highest BCUT2D eigenvalue weighted by molar-refractivity contribution is 5.94. The molecule has 1 aromatic rings. The fourth-order valence-electron chi connectivity index (χ4n) is 1.30. The molecule has 6 nitrogen and oxygen atoms in total. The van der Waals surface area contributed by atoms with Crippen LogP contribution in [0.4, 0.5) is 18.9 Å². The number of carbonyl (C=O) groups is 1. The maximum absolute atomic E-state index is 12.6. The molecule has 0 bridgehead atoms. The van der Waals surface area contributed by atoms with Gasteiger partial charge in [0.2, 0.25) is 5.91 Å². The molecule has 0 aliphatic carbocycles. The molecule has 18 heavy (non-hydrogen) atoms. The zero-order chi connectivity index (χ0) is 14.1. The smallest absolute Gasteiger partial charge is 0.366 e. The van der Waals surface area contributed by atoms with Crippen LogP contribution >= 0.6 is 0 Å². The van der Waals surface area contributed by atoms with Gasteiger partial charge in [0, 0.05) is 11.6 Å². The summed E-state index contributed by atoms with van der Waals surface area (Å²) in [7, 11) is 0. The van der Waals surface area contributed by atoms with Gasteiger partial charge < -0.3 is 5.73 Å². The zero-order valence-corrected chi connectivity index (χ0v) is 8.49. The predicted molar refractivity (Wildman–Crippen MR) is 51.3 cm³/mol. The highest BCUT2D eigenvalue weighted by atomic mass is 19.4. The van der Waals surface area contributed by atoms with Crippen molar-refractivity contribution in [3.63, 3.8) is 0 Å². The van der Waals surface area contributed by atoms with Gasteiger partial charge in [-0.3, -0.25) is 14.9 Å². The Hall–Kier alpha value is -2.63. The highest BCUT2D eigenvalue weighted by Crippen LogP contribution is 2.39. The van der Waals surface area contributed by atoms with E-state index in [1.807, 2.05) is 0 Å². The first-order valence-electron chi connectivity index (χ1n) is 4.28. The number of hydrogen-bond acceptors (Lipinski definition) is 4. The SMILES string of the molecule is N#Cc1cc(C(N)=O)cc([N+](=O)[O-])c1C(F)(F)F. The summed E-state index contributed by atoms with van der Waals surface area (Å²) in [6.45, 7) is 0. The Morgan fingerprint density at radius 1 is 1.44 bits per heavy atom. The first-order chi connectivity index (χ1) is 8.18. The summed E-state index contributed by atoms with van der Waals surface area (Å²) in [6.07, 6.45) is -5.08. The molecule has 0 aliphatic rings. The third-order valence-electron chi connectivity index (χ3n) is 2.00. The second-order valence-electron chi connectivity index (χ2n) is 3.15. The van der Waals surface area contributed by atoms with E-state index in [9.17, 15) is 28.1 Å². The number of alkyl halides is 3. The maximum atomic E-state index is 12.6. The number of carbonyl (C=O) groups excluding carboxylic acids is 1. The van der Waals surface area contributed by atoms with Gasteiger partial charge in [0.15, 0.2) is 5.56 Å². The normalized spacial score (nSPS) is 10.8. The molecular weight excluding hydrogens is 255 g/mol. The number of halogens is 3. The van der Waals surface area contributed by atoms with Crippen molar-refractivity contribution in [3.05, 3.63) is 38.9 Å². The second kappa shape index (κ2) is 4.33. The van der Waals surface area contributed by atoms with E-state index in [2.05, 4.69) is 0 Å². The monoisotopic (exact) mass is 259 g/mol. The minimum Gasteiger partial charge on any atom is -0.366 e. The van der Waals surface area contributed by atoms with Crippen molar-refractivity contribution in [2.24, 2.45) is 5.73 Å². The number of nitro benzene ring substituents is 1. The first kappa shape index (κ1) is 13.4. The van der Waals surface area contributed by atoms with Gasteiger partial charge in [-0.25, -0.2) is 0 Å². The Morgan fingerprint density at radius 2 is 2.00 bits per heavy atom. The van der Waals surface area contributed by atoms with Crippen LogP contribution in [-0.4, -0.2) is 10.8 Å². The van der Waals surface area contributed by atoms with Crippen molar-refractivity contribution >= 4 is 11.6 Å². The summed E-state index contributed by atoms with van der Waals surface area (Å²) in [5.41, 5.74) is 0.181. The number of nitrogens with zero attached hydrogens (tertiary/aromatic N) is 2. The number of nitro groups is 1. The van der Waals surface area contributed by atoms with Crippen LogP contribution < -0.4 is 5.73 Å². The lowest BCUT2D eigenvalue weighted by Gasteiger charge is -2.10. The quantitative estimate of drug-likeness (QED) is 0.642. The third-order valence-corrected chi connectivity index (χ3v) is 2.00. The minimum absolute atomic E-state index is 0.395. The van der Waals surface area contributed by atoms with Gasteiger partial charge in [-0.2, -0.15) is 18.4 Å². The molecule has 0 heterocycles. The highest BCUT2D eigenvalue weighted by Gasteiger charge is 2.41. The van der Waals surface area contributed by atoms with E-state index in [4.69, 9.17) is 11.0 Å². The number of benzene rings is 1. The lowest BCUT2D eigenvalue weighted by Crippen LogP contribution is -2.16. The van der Waals surface area contributed by atoms with Crippen molar-refractivity contribution < 1.29 is 22.9 Å². The summed E-state index contributed by atoms with van der Waals surface area (Å²) in [4.78, 5) is 20.0. The number of nitriles is 1. The molecule has 1 amide bonds. The number of nitrogens with two attached hydrogens (primary N) is 1. The molecule has 9 heteroatoms. The summed E-state index contributed by atoms with van der Waals surface area (Å²) < 4.78 is 37.9. The van der Waals surface area contributed by atoms with Gasteiger partial charge in [-0.15, -0.1) is 0 Å². The number of primary amides is 1. The van der Waals surface area contributed by atoms with Gasteiger partial charge in [0.1, 0.15) is 6.07 Å². The summed E-state index contributed by atoms with van der Waals surface area (Å²) in [5, 5.41) is 19.1. The molecule has 1 aromatic carbocycles. The van der Waals surface area contributed by atoms with Crippen LogP contribution in [0.25, 0.3) is 0 Å². The molecule has 94 valence electrons. The second-order valence-corrected chi connectivity index (χ2v) is 3.15. The van der Waals surface area contributed by atoms with Crippen LogP contribution in [0, 0.1) is 21.4 Å². The summed E-state index contributed by atoms with van der Waals surface area (Å²) >= 11 is 0. The Morgan fingerprint density at radius 3 is 2.33 bits per heavy atom. The van der Waals surface area contributed by atoms with Crippen molar-refractivity contribution in [3.8, 4) is 6.07 Å². The van der Waals surface area contributed by atoms with E-state index in [0.717, 1.165) is 6.07 Å². The van der Waals surface area contributed by atoms with Gasteiger partial charge in [-0.1, -0.05) is 0 Å². The molecule has 0 radical (unpaired) electrons. The summed E-state index contributed by atoms with van der Waals surface area (Å²) in [6, 6.07) is 2.12. The van der Waals surface area contributed by atoms with E-state index in [-0.39, 0.29) is 0 Å². The molecule has 0 saturated carbocycles. The molecule has 0 unspecified atom stereocenters.